The predicted molar refractivity (Wildman–Crippen MR) is 82.1 cm³/mol. The molecule has 4 heteroatoms. The summed E-state index contributed by atoms with van der Waals surface area (Å²) in [6, 6.07) is 13.3. The predicted octanol–water partition coefficient (Wildman–Crippen LogP) is 4.80. The quantitative estimate of drug-likeness (QED) is 0.786. The van der Waals surface area contributed by atoms with Gasteiger partial charge in [-0.25, -0.2) is 4.39 Å². The van der Waals surface area contributed by atoms with Gasteiger partial charge in [0.25, 0.3) is 0 Å². The third-order valence-corrected chi connectivity index (χ3v) is 4.24. The minimum absolute atomic E-state index is 0.195. The first kappa shape index (κ1) is 14.6. The monoisotopic (exact) mass is 339 g/mol. The Labute approximate surface area is 125 Å². The SMILES string of the molecule is CN(C)Cc1ccccc1Sc1ccc(Br)cc1F. The number of halogens is 2. The number of hydrogen-bond donors (Lipinski definition) is 0. The van der Waals surface area contributed by atoms with E-state index in [1.54, 1.807) is 6.07 Å². The molecule has 0 heterocycles. The van der Waals surface area contributed by atoms with Crippen LogP contribution in [-0.4, -0.2) is 19.0 Å². The summed E-state index contributed by atoms with van der Waals surface area (Å²) < 4.78 is 14.6. The Hall–Kier alpha value is -0.840. The van der Waals surface area contributed by atoms with E-state index in [4.69, 9.17) is 0 Å². The molecule has 0 aliphatic rings. The Morgan fingerprint density at radius 2 is 1.84 bits per heavy atom. The van der Waals surface area contributed by atoms with Crippen LogP contribution >= 0.6 is 27.7 Å². The molecule has 100 valence electrons. The zero-order chi connectivity index (χ0) is 13.8. The maximum atomic E-state index is 13.9. The van der Waals surface area contributed by atoms with E-state index >= 15 is 0 Å². The molecule has 0 aliphatic carbocycles. The molecule has 0 aromatic heterocycles. The van der Waals surface area contributed by atoms with Crippen LogP contribution in [0.15, 0.2) is 56.7 Å². The average molecular weight is 340 g/mol. The Bertz CT molecular complexity index is 572. The van der Waals surface area contributed by atoms with Gasteiger partial charge in [-0.1, -0.05) is 45.9 Å². The molecule has 2 rings (SSSR count). The Morgan fingerprint density at radius 3 is 2.53 bits per heavy atom. The first-order valence-electron chi connectivity index (χ1n) is 5.92. The number of rotatable bonds is 4. The molecule has 0 aliphatic heterocycles. The van der Waals surface area contributed by atoms with E-state index in [0.29, 0.717) is 4.90 Å². The third-order valence-electron chi connectivity index (χ3n) is 2.57. The van der Waals surface area contributed by atoms with Gasteiger partial charge in [0.05, 0.1) is 0 Å². The zero-order valence-corrected chi connectivity index (χ0v) is 13.3. The van der Waals surface area contributed by atoms with Gasteiger partial charge in [0.2, 0.25) is 0 Å². The molecular weight excluding hydrogens is 325 g/mol. The highest BCUT2D eigenvalue weighted by Gasteiger charge is 2.08. The third kappa shape index (κ3) is 4.06. The van der Waals surface area contributed by atoms with Crippen LogP contribution in [0.2, 0.25) is 0 Å². The van der Waals surface area contributed by atoms with E-state index in [2.05, 4.69) is 26.9 Å². The highest BCUT2D eigenvalue weighted by molar-refractivity contribution is 9.10. The molecule has 0 atom stereocenters. The number of benzene rings is 2. The second-order valence-electron chi connectivity index (χ2n) is 4.52. The maximum Gasteiger partial charge on any atom is 0.138 e. The van der Waals surface area contributed by atoms with Gasteiger partial charge in [-0.2, -0.15) is 0 Å². The molecule has 0 amide bonds. The van der Waals surface area contributed by atoms with Crippen molar-refractivity contribution in [3.8, 4) is 0 Å². The molecule has 0 bridgehead atoms. The van der Waals surface area contributed by atoms with Crippen LogP contribution in [0.4, 0.5) is 4.39 Å². The van der Waals surface area contributed by atoms with Crippen LogP contribution in [0.3, 0.4) is 0 Å². The second-order valence-corrected chi connectivity index (χ2v) is 6.52. The Morgan fingerprint density at radius 1 is 1.11 bits per heavy atom. The molecule has 0 spiro atoms. The number of nitrogens with zero attached hydrogens (tertiary/aromatic N) is 1. The fraction of sp³-hybridized carbons (Fsp3) is 0.200. The molecule has 1 nitrogen and oxygen atoms in total. The lowest BCUT2D eigenvalue weighted by Gasteiger charge is -2.14. The van der Waals surface area contributed by atoms with Crippen molar-refractivity contribution >= 4 is 27.7 Å². The van der Waals surface area contributed by atoms with Crippen LogP contribution in [0, 0.1) is 5.82 Å². The minimum atomic E-state index is -0.195. The fourth-order valence-electron chi connectivity index (χ4n) is 1.75. The summed E-state index contributed by atoms with van der Waals surface area (Å²) in [6.45, 7) is 0.849. The van der Waals surface area contributed by atoms with Crippen molar-refractivity contribution in [1.29, 1.82) is 0 Å². The van der Waals surface area contributed by atoms with Crippen LogP contribution in [0.1, 0.15) is 5.56 Å². The van der Waals surface area contributed by atoms with E-state index in [0.717, 1.165) is 15.9 Å². The summed E-state index contributed by atoms with van der Waals surface area (Å²) in [6.07, 6.45) is 0. The molecule has 0 radical (unpaired) electrons. The van der Waals surface area contributed by atoms with Crippen molar-refractivity contribution in [2.75, 3.05) is 14.1 Å². The van der Waals surface area contributed by atoms with Crippen LogP contribution in [0.5, 0.6) is 0 Å². The lowest BCUT2D eigenvalue weighted by atomic mass is 10.2. The van der Waals surface area contributed by atoms with Crippen LogP contribution in [0.25, 0.3) is 0 Å². The molecule has 0 unspecified atom stereocenters. The molecular formula is C15H15BrFNS. The molecule has 0 N–H and O–H groups in total. The number of hydrogen-bond acceptors (Lipinski definition) is 2. The lowest BCUT2D eigenvalue weighted by Crippen LogP contribution is -2.11. The first-order valence-corrected chi connectivity index (χ1v) is 7.53. The van der Waals surface area contributed by atoms with Gasteiger partial charge in [0.1, 0.15) is 5.82 Å². The molecule has 0 saturated carbocycles. The molecule has 0 fully saturated rings. The van der Waals surface area contributed by atoms with E-state index < -0.39 is 0 Å². The molecule has 0 saturated heterocycles. The summed E-state index contributed by atoms with van der Waals surface area (Å²) in [5, 5.41) is 0. The summed E-state index contributed by atoms with van der Waals surface area (Å²) in [7, 11) is 4.06. The first-order chi connectivity index (χ1) is 9.06. The van der Waals surface area contributed by atoms with Crippen molar-refractivity contribution in [1.82, 2.24) is 4.90 Å². The summed E-state index contributed by atoms with van der Waals surface area (Å²) in [5.41, 5.74) is 1.21. The lowest BCUT2D eigenvalue weighted by molar-refractivity contribution is 0.399. The fourth-order valence-corrected chi connectivity index (χ4v) is 3.02. The highest BCUT2D eigenvalue weighted by atomic mass is 79.9. The van der Waals surface area contributed by atoms with Gasteiger partial charge in [0.15, 0.2) is 0 Å². The van der Waals surface area contributed by atoms with E-state index in [1.807, 2.05) is 38.4 Å². The van der Waals surface area contributed by atoms with Crippen molar-refractivity contribution in [2.24, 2.45) is 0 Å². The van der Waals surface area contributed by atoms with Crippen molar-refractivity contribution < 1.29 is 4.39 Å². The topological polar surface area (TPSA) is 3.24 Å². The van der Waals surface area contributed by atoms with Gasteiger partial charge in [-0.3, -0.25) is 0 Å². The normalized spacial score (nSPS) is 11.0. The van der Waals surface area contributed by atoms with Gasteiger partial charge in [-0.15, -0.1) is 0 Å². The largest absolute Gasteiger partial charge is 0.305 e. The van der Waals surface area contributed by atoms with E-state index in [1.165, 1.54) is 23.4 Å². The van der Waals surface area contributed by atoms with Crippen LogP contribution in [-0.2, 0) is 6.54 Å². The van der Waals surface area contributed by atoms with Gasteiger partial charge < -0.3 is 4.90 Å². The average Bonchev–Trinajstić information content (AvgIpc) is 2.34. The summed E-state index contributed by atoms with van der Waals surface area (Å²) >= 11 is 4.74. The Kier molecular flexibility index (Phi) is 5.02. The van der Waals surface area contributed by atoms with Gasteiger partial charge in [0, 0.05) is 20.8 Å². The van der Waals surface area contributed by atoms with Crippen molar-refractivity contribution in [3.05, 3.63) is 58.3 Å². The zero-order valence-electron chi connectivity index (χ0n) is 10.9. The molecule has 19 heavy (non-hydrogen) atoms. The highest BCUT2D eigenvalue weighted by Crippen LogP contribution is 2.33. The standard InChI is InChI=1S/C15H15BrFNS/c1-18(2)10-11-5-3-4-6-14(11)19-15-8-7-12(16)9-13(15)17/h3-9H,10H2,1-2H3. The van der Waals surface area contributed by atoms with Gasteiger partial charge >= 0.3 is 0 Å². The summed E-state index contributed by atoms with van der Waals surface area (Å²) in [5.74, 6) is -0.195. The maximum absolute atomic E-state index is 13.9. The van der Waals surface area contributed by atoms with E-state index in [9.17, 15) is 4.39 Å². The van der Waals surface area contributed by atoms with E-state index in [-0.39, 0.29) is 5.82 Å². The van der Waals surface area contributed by atoms with Crippen molar-refractivity contribution in [3.63, 3.8) is 0 Å². The van der Waals surface area contributed by atoms with Crippen LogP contribution < -0.4 is 0 Å². The van der Waals surface area contributed by atoms with Gasteiger partial charge in [-0.05, 0) is 43.9 Å². The second kappa shape index (κ2) is 6.55. The molecule has 2 aromatic carbocycles. The summed E-state index contributed by atoms with van der Waals surface area (Å²) in [4.78, 5) is 3.85. The molecule has 2 aromatic rings. The minimum Gasteiger partial charge on any atom is -0.305 e. The smallest absolute Gasteiger partial charge is 0.138 e. The van der Waals surface area contributed by atoms with Crippen molar-refractivity contribution in [2.45, 2.75) is 16.3 Å². The Balaban J connectivity index is 2.27.